The van der Waals surface area contributed by atoms with Gasteiger partial charge in [-0.2, -0.15) is 0 Å². The zero-order valence-corrected chi connectivity index (χ0v) is 14.7. The van der Waals surface area contributed by atoms with Gasteiger partial charge in [-0.25, -0.2) is 4.98 Å². The Hall–Kier alpha value is -1.79. The number of aromatic nitrogens is 2. The van der Waals surface area contributed by atoms with E-state index in [1.807, 2.05) is 25.1 Å². The lowest BCUT2D eigenvalue weighted by atomic mass is 9.99. The molecule has 6 heteroatoms. The SMILES string of the molecule is Cc1nc(-c2ccccn2)sc1C(=O)N[C@@H]1CCN2CCCC[C@H]12. The van der Waals surface area contributed by atoms with Crippen LogP contribution >= 0.6 is 11.3 Å². The number of nitrogens with zero attached hydrogens (tertiary/aromatic N) is 3. The van der Waals surface area contributed by atoms with E-state index >= 15 is 0 Å². The first-order valence-electron chi connectivity index (χ1n) is 8.66. The second-order valence-corrected chi connectivity index (χ2v) is 7.62. The van der Waals surface area contributed by atoms with Crippen molar-refractivity contribution in [2.24, 2.45) is 0 Å². The number of amides is 1. The van der Waals surface area contributed by atoms with Crippen LogP contribution in [0.1, 0.15) is 41.0 Å². The van der Waals surface area contributed by atoms with E-state index in [4.69, 9.17) is 0 Å². The van der Waals surface area contributed by atoms with Gasteiger partial charge >= 0.3 is 0 Å². The van der Waals surface area contributed by atoms with Crippen LogP contribution in [0.5, 0.6) is 0 Å². The molecule has 0 radical (unpaired) electrons. The maximum Gasteiger partial charge on any atom is 0.263 e. The van der Waals surface area contributed by atoms with Crippen molar-refractivity contribution in [3.8, 4) is 10.7 Å². The molecule has 0 unspecified atom stereocenters. The second-order valence-electron chi connectivity index (χ2n) is 6.62. The summed E-state index contributed by atoms with van der Waals surface area (Å²) in [5.41, 5.74) is 1.61. The summed E-state index contributed by atoms with van der Waals surface area (Å²) in [4.78, 5) is 24.9. The minimum Gasteiger partial charge on any atom is -0.347 e. The zero-order valence-electron chi connectivity index (χ0n) is 13.9. The predicted molar refractivity (Wildman–Crippen MR) is 95.2 cm³/mol. The molecule has 4 rings (SSSR count). The van der Waals surface area contributed by atoms with Crippen LogP contribution < -0.4 is 5.32 Å². The number of thiazole rings is 1. The lowest BCUT2D eigenvalue weighted by Crippen LogP contribution is -2.46. The third-order valence-electron chi connectivity index (χ3n) is 5.06. The van der Waals surface area contributed by atoms with Gasteiger partial charge in [0.1, 0.15) is 9.88 Å². The van der Waals surface area contributed by atoms with E-state index in [-0.39, 0.29) is 11.9 Å². The Labute approximate surface area is 146 Å². The van der Waals surface area contributed by atoms with E-state index in [1.54, 1.807) is 6.20 Å². The van der Waals surface area contributed by atoms with Crippen LogP contribution in [0, 0.1) is 6.92 Å². The maximum atomic E-state index is 12.8. The monoisotopic (exact) mass is 342 g/mol. The van der Waals surface area contributed by atoms with Crippen LogP contribution in [-0.4, -0.2) is 45.9 Å². The van der Waals surface area contributed by atoms with Crippen LogP contribution in [0.25, 0.3) is 10.7 Å². The predicted octanol–water partition coefficient (Wildman–Crippen LogP) is 2.87. The summed E-state index contributed by atoms with van der Waals surface area (Å²) in [5, 5.41) is 4.08. The number of hydrogen-bond acceptors (Lipinski definition) is 5. The van der Waals surface area contributed by atoms with Crippen LogP contribution in [0.4, 0.5) is 0 Å². The Morgan fingerprint density at radius 3 is 3.04 bits per heavy atom. The molecule has 0 aromatic carbocycles. The normalized spacial score (nSPS) is 23.9. The van der Waals surface area contributed by atoms with Crippen molar-refractivity contribution < 1.29 is 4.79 Å². The molecule has 2 saturated heterocycles. The van der Waals surface area contributed by atoms with Gasteiger partial charge in [-0.15, -0.1) is 11.3 Å². The zero-order chi connectivity index (χ0) is 16.5. The molecule has 0 saturated carbocycles. The number of carbonyl (C=O) groups excluding carboxylic acids is 1. The highest BCUT2D eigenvalue weighted by atomic mass is 32.1. The van der Waals surface area contributed by atoms with Crippen LogP contribution in [0.2, 0.25) is 0 Å². The van der Waals surface area contributed by atoms with Crippen molar-refractivity contribution in [2.75, 3.05) is 13.1 Å². The topological polar surface area (TPSA) is 58.1 Å². The first kappa shape index (κ1) is 15.7. The third-order valence-corrected chi connectivity index (χ3v) is 6.24. The number of carbonyl (C=O) groups is 1. The summed E-state index contributed by atoms with van der Waals surface area (Å²) < 4.78 is 0. The van der Waals surface area contributed by atoms with Gasteiger partial charge in [0.15, 0.2) is 0 Å². The largest absolute Gasteiger partial charge is 0.347 e. The number of pyridine rings is 1. The van der Waals surface area contributed by atoms with Gasteiger partial charge in [0.05, 0.1) is 11.4 Å². The minimum absolute atomic E-state index is 0.0182. The van der Waals surface area contributed by atoms with E-state index in [2.05, 4.69) is 20.2 Å². The third kappa shape index (κ3) is 2.96. The summed E-state index contributed by atoms with van der Waals surface area (Å²) in [6.45, 7) is 4.19. The molecule has 2 aliphatic heterocycles. The van der Waals surface area contributed by atoms with Gasteiger partial charge in [0.25, 0.3) is 5.91 Å². The van der Waals surface area contributed by atoms with E-state index in [9.17, 15) is 4.79 Å². The van der Waals surface area contributed by atoms with Crippen molar-refractivity contribution >= 4 is 17.2 Å². The smallest absolute Gasteiger partial charge is 0.263 e. The molecule has 0 bridgehead atoms. The van der Waals surface area contributed by atoms with Gasteiger partial charge in [-0.3, -0.25) is 14.7 Å². The molecule has 126 valence electrons. The molecule has 1 amide bonds. The van der Waals surface area contributed by atoms with Gasteiger partial charge in [0, 0.05) is 24.8 Å². The quantitative estimate of drug-likeness (QED) is 0.932. The second kappa shape index (κ2) is 6.61. The Bertz CT molecular complexity index is 730. The Balaban J connectivity index is 1.50. The summed E-state index contributed by atoms with van der Waals surface area (Å²) >= 11 is 1.43. The van der Waals surface area contributed by atoms with Crippen LogP contribution in [-0.2, 0) is 0 Å². The molecular formula is C18H22N4OS. The van der Waals surface area contributed by atoms with Crippen molar-refractivity contribution in [1.29, 1.82) is 0 Å². The van der Waals surface area contributed by atoms with E-state index in [0.717, 1.165) is 29.4 Å². The summed E-state index contributed by atoms with van der Waals surface area (Å²) in [6, 6.07) is 6.54. The molecule has 1 N–H and O–H groups in total. The first-order valence-corrected chi connectivity index (χ1v) is 9.48. The summed E-state index contributed by atoms with van der Waals surface area (Å²) in [5.74, 6) is 0.0182. The molecule has 5 nitrogen and oxygen atoms in total. The molecule has 2 atom stereocenters. The standard InChI is InChI=1S/C18H22N4OS/c1-12-16(24-18(20-12)14-6-2-4-9-19-14)17(23)21-13-8-11-22-10-5-3-7-15(13)22/h2,4,6,9,13,15H,3,5,7-8,10-11H2,1H3,(H,21,23)/t13-,15-/m1/s1. The summed E-state index contributed by atoms with van der Waals surface area (Å²) in [7, 11) is 0. The molecule has 24 heavy (non-hydrogen) atoms. The number of hydrogen-bond donors (Lipinski definition) is 1. The van der Waals surface area contributed by atoms with E-state index < -0.39 is 0 Å². The minimum atomic E-state index is 0.0182. The fraction of sp³-hybridized carbons (Fsp3) is 0.500. The number of fused-ring (bicyclic) bond motifs is 1. The molecule has 2 aromatic rings. The molecule has 4 heterocycles. The van der Waals surface area contributed by atoms with Crippen molar-refractivity contribution in [3.05, 3.63) is 35.0 Å². The fourth-order valence-corrected chi connectivity index (χ4v) is 4.80. The number of piperidine rings is 1. The first-order chi connectivity index (χ1) is 11.7. The fourth-order valence-electron chi connectivity index (χ4n) is 3.86. The lowest BCUT2D eigenvalue weighted by molar-refractivity contribution is 0.0918. The van der Waals surface area contributed by atoms with E-state index in [0.29, 0.717) is 10.9 Å². The van der Waals surface area contributed by atoms with Crippen molar-refractivity contribution in [2.45, 2.75) is 44.7 Å². The molecular weight excluding hydrogens is 320 g/mol. The Morgan fingerprint density at radius 2 is 2.21 bits per heavy atom. The molecule has 2 fully saturated rings. The summed E-state index contributed by atoms with van der Waals surface area (Å²) in [6.07, 6.45) is 6.57. The van der Waals surface area contributed by atoms with Crippen molar-refractivity contribution in [1.82, 2.24) is 20.2 Å². The Morgan fingerprint density at radius 1 is 1.29 bits per heavy atom. The van der Waals surface area contributed by atoms with Crippen LogP contribution in [0.3, 0.4) is 0 Å². The van der Waals surface area contributed by atoms with E-state index in [1.165, 1.54) is 37.1 Å². The molecule has 2 aliphatic rings. The maximum absolute atomic E-state index is 12.8. The van der Waals surface area contributed by atoms with Gasteiger partial charge in [0.2, 0.25) is 0 Å². The number of nitrogens with one attached hydrogen (secondary N) is 1. The molecule has 0 aliphatic carbocycles. The highest BCUT2D eigenvalue weighted by Crippen LogP contribution is 2.29. The van der Waals surface area contributed by atoms with Crippen LogP contribution in [0.15, 0.2) is 24.4 Å². The van der Waals surface area contributed by atoms with Gasteiger partial charge < -0.3 is 5.32 Å². The highest BCUT2D eigenvalue weighted by Gasteiger charge is 2.36. The average Bonchev–Trinajstić information content (AvgIpc) is 3.20. The lowest BCUT2D eigenvalue weighted by Gasteiger charge is -2.32. The average molecular weight is 342 g/mol. The number of aryl methyl sites for hydroxylation is 1. The number of rotatable bonds is 3. The Kier molecular flexibility index (Phi) is 4.33. The molecule has 0 spiro atoms. The highest BCUT2D eigenvalue weighted by molar-refractivity contribution is 7.17. The van der Waals surface area contributed by atoms with Crippen molar-refractivity contribution in [3.63, 3.8) is 0 Å². The van der Waals surface area contributed by atoms with Gasteiger partial charge in [-0.05, 0) is 44.9 Å². The van der Waals surface area contributed by atoms with Gasteiger partial charge in [-0.1, -0.05) is 12.5 Å². The molecule has 2 aromatic heterocycles.